The lowest BCUT2D eigenvalue weighted by Crippen LogP contribution is -2.41. The van der Waals surface area contributed by atoms with Gasteiger partial charge in [0.15, 0.2) is 15.8 Å². The maximum atomic E-state index is 12.1. The highest BCUT2D eigenvalue weighted by molar-refractivity contribution is 7.91. The average molecular weight is 433 g/mol. The normalized spacial score (nSPS) is 18.2. The summed E-state index contributed by atoms with van der Waals surface area (Å²) in [4.78, 5) is 26.0. The van der Waals surface area contributed by atoms with Gasteiger partial charge in [0.05, 0.1) is 29.9 Å². The molecule has 0 saturated carbocycles. The molecule has 1 aromatic heterocycles. The second kappa shape index (κ2) is 9.75. The Labute approximate surface area is 176 Å². The largest absolute Gasteiger partial charge is 0.356 e. The van der Waals surface area contributed by atoms with E-state index >= 15 is 0 Å². The fourth-order valence-electron chi connectivity index (χ4n) is 3.39. The number of H-pyrrole nitrogens is 1. The first-order chi connectivity index (χ1) is 14.4. The van der Waals surface area contributed by atoms with Gasteiger partial charge in [0.1, 0.15) is 5.82 Å². The molecule has 1 fully saturated rings. The number of hydrogen-bond donors (Lipinski definition) is 3. The van der Waals surface area contributed by atoms with Crippen molar-refractivity contribution in [3.8, 4) is 11.3 Å². The van der Waals surface area contributed by atoms with Gasteiger partial charge in [-0.25, -0.2) is 13.4 Å². The number of amides is 1. The third kappa shape index (κ3) is 6.06. The summed E-state index contributed by atoms with van der Waals surface area (Å²) < 4.78 is 23.0. The summed E-state index contributed by atoms with van der Waals surface area (Å²) in [5.74, 6) is 1.46. The van der Waals surface area contributed by atoms with Gasteiger partial charge in [-0.3, -0.25) is 9.79 Å². The van der Waals surface area contributed by atoms with Crippen molar-refractivity contribution in [2.24, 2.45) is 4.99 Å². The van der Waals surface area contributed by atoms with E-state index in [0.717, 1.165) is 17.1 Å². The molecule has 1 saturated heterocycles. The zero-order chi connectivity index (χ0) is 21.6. The van der Waals surface area contributed by atoms with Crippen molar-refractivity contribution in [3.63, 3.8) is 0 Å². The summed E-state index contributed by atoms with van der Waals surface area (Å²) in [6.07, 6.45) is 2.53. The van der Waals surface area contributed by atoms with E-state index in [2.05, 4.69) is 25.6 Å². The summed E-state index contributed by atoms with van der Waals surface area (Å²) in [6.45, 7) is 0.925. The molecule has 0 bridgehead atoms. The van der Waals surface area contributed by atoms with Crippen molar-refractivity contribution in [2.75, 3.05) is 32.1 Å². The van der Waals surface area contributed by atoms with E-state index in [1.807, 2.05) is 48.5 Å². The first kappa shape index (κ1) is 21.8. The summed E-state index contributed by atoms with van der Waals surface area (Å²) in [7, 11) is 0.572. The number of nitrogens with zero attached hydrogens (tertiary/aromatic N) is 3. The van der Waals surface area contributed by atoms with Gasteiger partial charge in [-0.05, 0) is 12.0 Å². The monoisotopic (exact) mass is 432 g/mol. The molecule has 162 valence electrons. The van der Waals surface area contributed by atoms with Crippen LogP contribution in [0.2, 0.25) is 0 Å². The number of carbonyl (C=O) groups is 1. The minimum atomic E-state index is -3.00. The van der Waals surface area contributed by atoms with Crippen LogP contribution in [0.4, 0.5) is 0 Å². The molecular weight excluding hydrogens is 404 g/mol. The van der Waals surface area contributed by atoms with E-state index in [9.17, 15) is 13.2 Å². The molecule has 2 aromatic rings. The van der Waals surface area contributed by atoms with Crippen molar-refractivity contribution in [1.29, 1.82) is 0 Å². The van der Waals surface area contributed by atoms with E-state index in [1.54, 1.807) is 7.05 Å². The quantitative estimate of drug-likeness (QED) is 0.439. The number of hydrogen-bond acceptors (Lipinski definition) is 5. The predicted molar refractivity (Wildman–Crippen MR) is 117 cm³/mol. The summed E-state index contributed by atoms with van der Waals surface area (Å²) in [5, 5.41) is 5.94. The predicted octanol–water partition coefficient (Wildman–Crippen LogP) is 0.777. The highest BCUT2D eigenvalue weighted by Gasteiger charge is 2.28. The molecule has 3 N–H and O–H groups in total. The van der Waals surface area contributed by atoms with Crippen molar-refractivity contribution >= 4 is 21.7 Å². The summed E-state index contributed by atoms with van der Waals surface area (Å²) >= 11 is 0. The second-order valence-electron chi connectivity index (χ2n) is 7.36. The van der Waals surface area contributed by atoms with Crippen LogP contribution < -0.4 is 10.6 Å². The van der Waals surface area contributed by atoms with Crippen molar-refractivity contribution in [1.82, 2.24) is 25.5 Å². The molecule has 10 heteroatoms. The number of guanidine groups is 1. The second-order valence-corrected chi connectivity index (χ2v) is 9.59. The zero-order valence-corrected chi connectivity index (χ0v) is 18.1. The first-order valence-corrected chi connectivity index (χ1v) is 11.7. The standard InChI is InChI=1S/C20H28N6O3S/c1-21-20(22-10-8-19(27)24-16-9-11-30(28,29)14-16)26(2)13-18-23-12-17(25-18)15-6-4-3-5-7-15/h3-7,12,16H,8-11,13-14H2,1-2H3,(H,21,22)(H,23,25)(H,24,27). The molecule has 1 aliphatic heterocycles. The minimum absolute atomic E-state index is 0.0324. The van der Waals surface area contributed by atoms with Crippen LogP contribution in [0.25, 0.3) is 11.3 Å². The Hall–Kier alpha value is -2.88. The lowest BCUT2D eigenvalue weighted by atomic mass is 10.2. The number of imidazole rings is 1. The number of rotatable bonds is 7. The van der Waals surface area contributed by atoms with E-state index in [4.69, 9.17) is 0 Å². The highest BCUT2D eigenvalue weighted by Crippen LogP contribution is 2.16. The van der Waals surface area contributed by atoms with Crippen molar-refractivity contribution in [3.05, 3.63) is 42.4 Å². The Morgan fingerprint density at radius 3 is 2.77 bits per heavy atom. The fourth-order valence-corrected chi connectivity index (χ4v) is 5.06. The molecule has 1 unspecified atom stereocenters. The molecule has 9 nitrogen and oxygen atoms in total. The van der Waals surface area contributed by atoms with Crippen LogP contribution >= 0.6 is 0 Å². The van der Waals surface area contributed by atoms with E-state index < -0.39 is 9.84 Å². The lowest BCUT2D eigenvalue weighted by molar-refractivity contribution is -0.121. The Balaban J connectivity index is 1.44. The maximum Gasteiger partial charge on any atom is 0.222 e. The maximum absolute atomic E-state index is 12.1. The molecule has 30 heavy (non-hydrogen) atoms. The molecule has 1 amide bonds. The van der Waals surface area contributed by atoms with Crippen molar-refractivity contribution < 1.29 is 13.2 Å². The third-order valence-corrected chi connectivity index (χ3v) is 6.67. The third-order valence-electron chi connectivity index (χ3n) is 4.91. The smallest absolute Gasteiger partial charge is 0.222 e. The molecule has 1 aliphatic rings. The molecule has 2 heterocycles. The Morgan fingerprint density at radius 2 is 2.10 bits per heavy atom. The van der Waals surface area contributed by atoms with Crippen LogP contribution in [-0.2, 0) is 21.2 Å². The number of aliphatic imine (C=N–C) groups is 1. The molecular formula is C20H28N6O3S. The lowest BCUT2D eigenvalue weighted by Gasteiger charge is -2.21. The van der Waals surface area contributed by atoms with Gasteiger partial charge in [-0.15, -0.1) is 0 Å². The van der Waals surface area contributed by atoms with Gasteiger partial charge in [0.25, 0.3) is 0 Å². The van der Waals surface area contributed by atoms with E-state index in [1.165, 1.54) is 0 Å². The molecule has 0 spiro atoms. The summed E-state index contributed by atoms with van der Waals surface area (Å²) in [5.41, 5.74) is 2.02. The van der Waals surface area contributed by atoms with Gasteiger partial charge in [-0.1, -0.05) is 30.3 Å². The van der Waals surface area contributed by atoms with Gasteiger partial charge < -0.3 is 20.5 Å². The SMILES string of the molecule is CN=C(NCCC(=O)NC1CCS(=O)(=O)C1)N(C)Cc1ncc(-c2ccccc2)[nH]1. The van der Waals surface area contributed by atoms with Crippen LogP contribution in [0.1, 0.15) is 18.7 Å². The van der Waals surface area contributed by atoms with Crippen LogP contribution in [-0.4, -0.2) is 73.3 Å². The van der Waals surface area contributed by atoms with Crippen LogP contribution in [0, 0.1) is 0 Å². The topological polar surface area (TPSA) is 120 Å². The number of aromatic amines is 1. The Kier molecular flexibility index (Phi) is 7.09. The average Bonchev–Trinajstić information content (AvgIpc) is 3.31. The first-order valence-electron chi connectivity index (χ1n) is 9.87. The zero-order valence-electron chi connectivity index (χ0n) is 17.3. The van der Waals surface area contributed by atoms with Gasteiger partial charge in [0.2, 0.25) is 5.91 Å². The fraction of sp³-hybridized carbons (Fsp3) is 0.450. The summed E-state index contributed by atoms with van der Waals surface area (Å²) in [6, 6.07) is 9.70. The highest BCUT2D eigenvalue weighted by atomic mass is 32.2. The van der Waals surface area contributed by atoms with Gasteiger partial charge in [-0.2, -0.15) is 0 Å². The Morgan fingerprint density at radius 1 is 1.33 bits per heavy atom. The molecule has 0 radical (unpaired) electrons. The number of benzene rings is 1. The minimum Gasteiger partial charge on any atom is -0.356 e. The molecule has 3 rings (SSSR count). The van der Waals surface area contributed by atoms with E-state index in [-0.39, 0.29) is 29.9 Å². The number of aromatic nitrogens is 2. The number of sulfone groups is 1. The van der Waals surface area contributed by atoms with E-state index in [0.29, 0.717) is 25.5 Å². The van der Waals surface area contributed by atoms with Crippen LogP contribution in [0.15, 0.2) is 41.5 Å². The molecule has 1 aromatic carbocycles. The van der Waals surface area contributed by atoms with Gasteiger partial charge in [0, 0.05) is 33.1 Å². The van der Waals surface area contributed by atoms with Crippen molar-refractivity contribution in [2.45, 2.75) is 25.4 Å². The number of carbonyl (C=O) groups excluding carboxylic acids is 1. The van der Waals surface area contributed by atoms with Gasteiger partial charge >= 0.3 is 0 Å². The molecule has 0 aliphatic carbocycles. The molecule has 1 atom stereocenters. The number of nitrogens with one attached hydrogen (secondary N) is 3. The van der Waals surface area contributed by atoms with Crippen LogP contribution in [0.3, 0.4) is 0 Å². The van der Waals surface area contributed by atoms with Crippen LogP contribution in [0.5, 0.6) is 0 Å². The Bertz CT molecular complexity index is 987.